The van der Waals surface area contributed by atoms with Crippen LogP contribution in [-0.4, -0.2) is 57.2 Å². The predicted molar refractivity (Wildman–Crippen MR) is 102 cm³/mol. The van der Waals surface area contributed by atoms with E-state index in [2.05, 4.69) is 25.7 Å². The molecule has 1 fully saturated rings. The number of rotatable bonds is 8. The van der Waals surface area contributed by atoms with Crippen LogP contribution in [0.25, 0.3) is 0 Å². The number of hydrogen-bond donors (Lipinski definition) is 1. The number of ether oxygens (including phenoxy) is 1. The number of nitrogens with zero attached hydrogens (tertiary/aromatic N) is 5. The molecule has 0 aliphatic carbocycles. The molecule has 0 radical (unpaired) electrons. The van der Waals surface area contributed by atoms with Crippen LogP contribution in [0.4, 0.5) is 0 Å². The Hall–Kier alpha value is -2.48. The lowest BCUT2D eigenvalue weighted by molar-refractivity contribution is 0.0946. The monoisotopic (exact) mass is 372 g/mol. The highest BCUT2D eigenvalue weighted by Gasteiger charge is 2.12. The van der Waals surface area contributed by atoms with Crippen molar-refractivity contribution in [3.8, 4) is 5.75 Å². The highest BCUT2D eigenvalue weighted by atomic mass is 16.5. The molecule has 3 rings (SSSR count). The molecule has 8 nitrogen and oxygen atoms in total. The number of carbonyl (C=O) groups excluding carboxylic acids is 1. The minimum absolute atomic E-state index is 0.0534. The van der Waals surface area contributed by atoms with Crippen molar-refractivity contribution in [3.63, 3.8) is 0 Å². The van der Waals surface area contributed by atoms with Crippen molar-refractivity contribution in [3.05, 3.63) is 35.7 Å². The van der Waals surface area contributed by atoms with Gasteiger partial charge in [0.05, 0.1) is 6.04 Å². The van der Waals surface area contributed by atoms with E-state index in [1.54, 1.807) is 28.9 Å². The number of aromatic nitrogens is 4. The van der Waals surface area contributed by atoms with Gasteiger partial charge in [-0.05, 0) is 74.5 Å². The van der Waals surface area contributed by atoms with Crippen molar-refractivity contribution >= 4 is 5.91 Å². The van der Waals surface area contributed by atoms with Gasteiger partial charge in [0.15, 0.2) is 5.82 Å². The van der Waals surface area contributed by atoms with Gasteiger partial charge in [-0.2, -0.15) is 0 Å². The van der Waals surface area contributed by atoms with E-state index >= 15 is 0 Å². The van der Waals surface area contributed by atoms with Crippen molar-refractivity contribution < 1.29 is 9.53 Å². The summed E-state index contributed by atoms with van der Waals surface area (Å²) in [5, 5.41) is 14.6. The molecular formula is C19H28N6O2. The van der Waals surface area contributed by atoms with Gasteiger partial charge in [0.2, 0.25) is 0 Å². The molecule has 0 saturated carbocycles. The van der Waals surface area contributed by atoms with Crippen LogP contribution >= 0.6 is 0 Å². The van der Waals surface area contributed by atoms with E-state index in [-0.39, 0.29) is 18.6 Å². The van der Waals surface area contributed by atoms with E-state index < -0.39 is 0 Å². The van der Waals surface area contributed by atoms with E-state index in [0.29, 0.717) is 23.7 Å². The molecule has 1 aliphatic rings. The molecule has 8 heteroatoms. The second kappa shape index (κ2) is 9.45. The summed E-state index contributed by atoms with van der Waals surface area (Å²) < 4.78 is 7.46. The van der Waals surface area contributed by atoms with E-state index in [0.717, 1.165) is 19.6 Å². The van der Waals surface area contributed by atoms with Crippen LogP contribution in [0.15, 0.2) is 24.3 Å². The topological polar surface area (TPSA) is 85.2 Å². The standard InChI is InChI=1S/C19H28N6O2/c1-15(2)25-18(21-22-23-25)14-27-17-8-6-16(7-9-17)19(26)20-10-13-24-11-4-3-5-12-24/h6-9,15H,3-5,10-14H2,1-2H3,(H,20,26). The zero-order chi connectivity index (χ0) is 19.1. The van der Waals surface area contributed by atoms with Gasteiger partial charge in [-0.15, -0.1) is 5.10 Å². The highest BCUT2D eigenvalue weighted by molar-refractivity contribution is 5.94. The SMILES string of the molecule is CC(C)n1nnnc1COc1ccc(C(=O)NCCN2CCCCC2)cc1. The van der Waals surface area contributed by atoms with Crippen LogP contribution in [0.1, 0.15) is 55.3 Å². The summed E-state index contributed by atoms with van der Waals surface area (Å²) >= 11 is 0. The van der Waals surface area contributed by atoms with Gasteiger partial charge >= 0.3 is 0 Å². The molecule has 0 unspecified atom stereocenters. The molecule has 0 bridgehead atoms. The molecule has 0 spiro atoms. The molecule has 146 valence electrons. The first-order valence-electron chi connectivity index (χ1n) is 9.63. The van der Waals surface area contributed by atoms with Crippen LogP contribution in [0.2, 0.25) is 0 Å². The Bertz CT molecular complexity index is 722. The van der Waals surface area contributed by atoms with Gasteiger partial charge in [-0.25, -0.2) is 4.68 Å². The van der Waals surface area contributed by atoms with Gasteiger partial charge in [-0.3, -0.25) is 4.79 Å². The Morgan fingerprint density at radius 1 is 1.19 bits per heavy atom. The molecule has 1 amide bonds. The maximum Gasteiger partial charge on any atom is 0.251 e. The number of piperidine rings is 1. The molecule has 27 heavy (non-hydrogen) atoms. The second-order valence-corrected chi connectivity index (χ2v) is 7.10. The summed E-state index contributed by atoms with van der Waals surface area (Å²) in [7, 11) is 0. The number of nitrogens with one attached hydrogen (secondary N) is 1. The summed E-state index contributed by atoms with van der Waals surface area (Å²) in [5.74, 6) is 1.30. The average molecular weight is 372 g/mol. The second-order valence-electron chi connectivity index (χ2n) is 7.10. The third kappa shape index (κ3) is 5.50. The van der Waals surface area contributed by atoms with Crippen LogP contribution in [-0.2, 0) is 6.61 Å². The first kappa shape index (κ1) is 19.3. The van der Waals surface area contributed by atoms with E-state index in [9.17, 15) is 4.79 Å². The fourth-order valence-electron chi connectivity index (χ4n) is 3.17. The predicted octanol–water partition coefficient (Wildman–Crippen LogP) is 2.05. The van der Waals surface area contributed by atoms with Crippen LogP contribution in [0.5, 0.6) is 5.75 Å². The Morgan fingerprint density at radius 3 is 2.63 bits per heavy atom. The zero-order valence-electron chi connectivity index (χ0n) is 16.1. The minimum Gasteiger partial charge on any atom is -0.486 e. The van der Waals surface area contributed by atoms with Gasteiger partial charge in [0, 0.05) is 18.7 Å². The lowest BCUT2D eigenvalue weighted by Crippen LogP contribution is -2.37. The van der Waals surface area contributed by atoms with E-state index in [1.807, 2.05) is 13.8 Å². The summed E-state index contributed by atoms with van der Waals surface area (Å²) in [4.78, 5) is 14.7. The van der Waals surface area contributed by atoms with E-state index in [1.165, 1.54) is 19.3 Å². The van der Waals surface area contributed by atoms with Gasteiger partial charge < -0.3 is 15.0 Å². The molecule has 1 N–H and O–H groups in total. The van der Waals surface area contributed by atoms with Crippen molar-refractivity contribution in [2.45, 2.75) is 45.8 Å². The number of tetrazole rings is 1. The minimum atomic E-state index is -0.0534. The fourth-order valence-corrected chi connectivity index (χ4v) is 3.17. The third-order valence-electron chi connectivity index (χ3n) is 4.70. The van der Waals surface area contributed by atoms with Crippen molar-refractivity contribution in [1.82, 2.24) is 30.4 Å². The smallest absolute Gasteiger partial charge is 0.251 e. The van der Waals surface area contributed by atoms with Gasteiger partial charge in [0.1, 0.15) is 12.4 Å². The molecule has 2 aromatic rings. The normalized spacial score (nSPS) is 15.1. The number of hydrogen-bond acceptors (Lipinski definition) is 6. The molecule has 2 heterocycles. The summed E-state index contributed by atoms with van der Waals surface area (Å²) in [6.45, 7) is 8.18. The fraction of sp³-hybridized carbons (Fsp3) is 0.579. The molecule has 1 saturated heterocycles. The van der Waals surface area contributed by atoms with Crippen LogP contribution in [0, 0.1) is 0 Å². The largest absolute Gasteiger partial charge is 0.486 e. The molecule has 1 aromatic heterocycles. The first-order valence-corrected chi connectivity index (χ1v) is 9.63. The molecular weight excluding hydrogens is 344 g/mol. The molecule has 1 aliphatic heterocycles. The number of likely N-dealkylation sites (tertiary alicyclic amines) is 1. The van der Waals surface area contributed by atoms with Crippen molar-refractivity contribution in [2.75, 3.05) is 26.2 Å². The van der Waals surface area contributed by atoms with Gasteiger partial charge in [-0.1, -0.05) is 6.42 Å². The Kier molecular flexibility index (Phi) is 6.75. The Labute approximate surface area is 159 Å². The van der Waals surface area contributed by atoms with Crippen molar-refractivity contribution in [1.29, 1.82) is 0 Å². The summed E-state index contributed by atoms with van der Waals surface area (Å²) in [5.41, 5.74) is 0.632. The van der Waals surface area contributed by atoms with Crippen LogP contribution in [0.3, 0.4) is 0 Å². The molecule has 1 aromatic carbocycles. The number of carbonyl (C=O) groups is 1. The Balaban J connectivity index is 1.44. The lowest BCUT2D eigenvalue weighted by atomic mass is 10.1. The van der Waals surface area contributed by atoms with E-state index in [4.69, 9.17) is 4.74 Å². The zero-order valence-corrected chi connectivity index (χ0v) is 16.1. The van der Waals surface area contributed by atoms with Crippen molar-refractivity contribution in [2.24, 2.45) is 0 Å². The van der Waals surface area contributed by atoms with Gasteiger partial charge in [0.25, 0.3) is 5.91 Å². The Morgan fingerprint density at radius 2 is 1.93 bits per heavy atom. The first-order chi connectivity index (χ1) is 13.1. The summed E-state index contributed by atoms with van der Waals surface area (Å²) in [6, 6.07) is 7.31. The van der Waals surface area contributed by atoms with Crippen LogP contribution < -0.4 is 10.1 Å². The summed E-state index contributed by atoms with van der Waals surface area (Å²) in [6.07, 6.45) is 3.85. The number of benzene rings is 1. The maximum atomic E-state index is 12.3. The third-order valence-corrected chi connectivity index (χ3v) is 4.70. The highest BCUT2D eigenvalue weighted by Crippen LogP contribution is 2.14. The lowest BCUT2D eigenvalue weighted by Gasteiger charge is -2.26. The average Bonchev–Trinajstić information content (AvgIpc) is 3.16. The quantitative estimate of drug-likeness (QED) is 0.763. The number of amides is 1. The maximum absolute atomic E-state index is 12.3. The molecule has 0 atom stereocenters.